The quantitative estimate of drug-likeness (QED) is 0.785. The summed E-state index contributed by atoms with van der Waals surface area (Å²) in [6.45, 7) is 1.73. The van der Waals surface area contributed by atoms with Crippen LogP contribution in [0.2, 0.25) is 0 Å². The number of carbonyl (C=O) groups is 2. The Bertz CT molecular complexity index is 713. The Morgan fingerprint density at radius 1 is 0.917 bits per heavy atom. The van der Waals surface area contributed by atoms with Gasteiger partial charge in [-0.05, 0) is 37.6 Å². The fourth-order valence-corrected chi connectivity index (χ4v) is 2.79. The van der Waals surface area contributed by atoms with Crippen LogP contribution in [0.1, 0.15) is 13.3 Å². The maximum atomic E-state index is 12.9. The van der Waals surface area contributed by atoms with E-state index in [1.807, 2.05) is 60.7 Å². The van der Waals surface area contributed by atoms with E-state index in [0.29, 0.717) is 22.8 Å². The minimum atomic E-state index is -0.765. The summed E-state index contributed by atoms with van der Waals surface area (Å²) in [5.74, 6) is -1.26. The van der Waals surface area contributed by atoms with Gasteiger partial charge in [0.1, 0.15) is 5.92 Å². The van der Waals surface area contributed by atoms with Crippen LogP contribution in [0, 0.1) is 5.92 Å². The Morgan fingerprint density at radius 2 is 1.33 bits per heavy atom. The summed E-state index contributed by atoms with van der Waals surface area (Å²) in [7, 11) is 0. The maximum absolute atomic E-state index is 12.9. The van der Waals surface area contributed by atoms with E-state index in [-0.39, 0.29) is 11.8 Å². The van der Waals surface area contributed by atoms with Gasteiger partial charge < -0.3 is 0 Å². The monoisotopic (exact) mass is 340 g/mol. The van der Waals surface area contributed by atoms with Crippen molar-refractivity contribution < 1.29 is 9.59 Å². The zero-order valence-electron chi connectivity index (χ0n) is 13.2. The molecule has 3 rings (SSSR count). The molecule has 2 aromatic carbocycles. The summed E-state index contributed by atoms with van der Waals surface area (Å²) in [5, 5.41) is 3.46. The Kier molecular flexibility index (Phi) is 4.67. The summed E-state index contributed by atoms with van der Waals surface area (Å²) in [6.07, 6.45) is 2.00. The summed E-state index contributed by atoms with van der Waals surface area (Å²) in [4.78, 5) is 25.8. The lowest BCUT2D eigenvalue weighted by Gasteiger charge is -2.27. The summed E-state index contributed by atoms with van der Waals surface area (Å²) >= 11 is 5.87. The summed E-state index contributed by atoms with van der Waals surface area (Å²) in [6, 6.07) is 18.3. The third-order valence-electron chi connectivity index (χ3n) is 3.85. The Morgan fingerprint density at radius 3 is 1.71 bits per heavy atom. The van der Waals surface area contributed by atoms with E-state index in [1.54, 1.807) is 13.0 Å². The van der Waals surface area contributed by atoms with E-state index in [0.717, 1.165) is 0 Å². The van der Waals surface area contributed by atoms with Crippen LogP contribution in [0.3, 0.4) is 0 Å². The van der Waals surface area contributed by atoms with Gasteiger partial charge in [-0.25, -0.2) is 10.0 Å². The normalized spacial score (nSPS) is 16.2. The molecule has 0 bridgehead atoms. The Hall–Kier alpha value is -2.59. The highest BCUT2D eigenvalue weighted by Gasteiger charge is 2.46. The highest BCUT2D eigenvalue weighted by Crippen LogP contribution is 2.33. The first-order valence-electron chi connectivity index (χ1n) is 7.70. The number of benzene rings is 2. The molecule has 1 heterocycles. The molecular weight excluding hydrogens is 324 g/mol. The van der Waals surface area contributed by atoms with Gasteiger partial charge in [0.15, 0.2) is 0 Å². The molecule has 0 atom stereocenters. The van der Waals surface area contributed by atoms with Crippen molar-refractivity contribution in [1.82, 2.24) is 0 Å². The SMILES string of the molecule is C/C(Cl)=C\CC1C(=O)N(c2ccccc2)N(c2ccccc2)C1=O. The van der Waals surface area contributed by atoms with Crippen LogP contribution >= 0.6 is 11.6 Å². The third kappa shape index (κ3) is 3.05. The van der Waals surface area contributed by atoms with Crippen LogP contribution in [-0.4, -0.2) is 11.8 Å². The molecule has 2 aromatic rings. The van der Waals surface area contributed by atoms with Crippen molar-refractivity contribution in [3.63, 3.8) is 0 Å². The van der Waals surface area contributed by atoms with Crippen molar-refractivity contribution in [2.75, 3.05) is 10.0 Å². The fraction of sp³-hybridized carbons (Fsp3) is 0.158. The number of halogens is 1. The lowest BCUT2D eigenvalue weighted by Crippen LogP contribution is -2.41. The highest BCUT2D eigenvalue weighted by atomic mass is 35.5. The molecule has 122 valence electrons. The number of allylic oxidation sites excluding steroid dienone is 2. The molecule has 0 spiro atoms. The van der Waals surface area contributed by atoms with Crippen molar-refractivity contribution in [2.45, 2.75) is 13.3 Å². The first kappa shape index (κ1) is 16.3. The van der Waals surface area contributed by atoms with E-state index in [2.05, 4.69) is 0 Å². The number of hydrazine groups is 1. The molecule has 1 saturated heterocycles. The first-order valence-corrected chi connectivity index (χ1v) is 8.07. The molecule has 4 nitrogen and oxygen atoms in total. The van der Waals surface area contributed by atoms with Gasteiger partial charge in [0, 0.05) is 5.03 Å². The maximum Gasteiger partial charge on any atom is 0.259 e. The largest absolute Gasteiger partial charge is 0.272 e. The van der Waals surface area contributed by atoms with Gasteiger partial charge >= 0.3 is 0 Å². The van der Waals surface area contributed by atoms with E-state index >= 15 is 0 Å². The highest BCUT2D eigenvalue weighted by molar-refractivity contribution is 6.29. The van der Waals surface area contributed by atoms with Gasteiger partial charge in [0.25, 0.3) is 11.8 Å². The number of nitrogens with zero attached hydrogens (tertiary/aromatic N) is 2. The lowest BCUT2D eigenvalue weighted by molar-refractivity contribution is -0.126. The zero-order valence-corrected chi connectivity index (χ0v) is 14.0. The molecule has 1 aliphatic rings. The molecule has 0 aliphatic carbocycles. The van der Waals surface area contributed by atoms with Crippen molar-refractivity contribution in [3.8, 4) is 0 Å². The second-order valence-corrected chi connectivity index (χ2v) is 6.15. The van der Waals surface area contributed by atoms with Gasteiger partial charge in [-0.2, -0.15) is 0 Å². The minimum Gasteiger partial charge on any atom is -0.272 e. The van der Waals surface area contributed by atoms with Gasteiger partial charge in [-0.3, -0.25) is 9.59 Å². The number of hydrogen-bond acceptors (Lipinski definition) is 2. The Labute approximate surface area is 145 Å². The van der Waals surface area contributed by atoms with Crippen LogP contribution in [0.4, 0.5) is 11.4 Å². The summed E-state index contributed by atoms with van der Waals surface area (Å²) < 4.78 is 0. The van der Waals surface area contributed by atoms with Crippen LogP contribution in [0.5, 0.6) is 0 Å². The second kappa shape index (κ2) is 6.89. The third-order valence-corrected chi connectivity index (χ3v) is 4.00. The molecule has 0 unspecified atom stereocenters. The van der Waals surface area contributed by atoms with Crippen molar-refractivity contribution in [1.29, 1.82) is 0 Å². The zero-order chi connectivity index (χ0) is 17.1. The molecule has 0 aromatic heterocycles. The molecule has 0 saturated carbocycles. The van der Waals surface area contributed by atoms with Crippen LogP contribution in [-0.2, 0) is 9.59 Å². The molecule has 1 aliphatic heterocycles. The van der Waals surface area contributed by atoms with Gasteiger partial charge in [0.05, 0.1) is 11.4 Å². The number of anilines is 2. The van der Waals surface area contributed by atoms with E-state index in [1.165, 1.54) is 10.0 Å². The minimum absolute atomic E-state index is 0.246. The topological polar surface area (TPSA) is 40.6 Å². The van der Waals surface area contributed by atoms with Crippen LogP contribution in [0.15, 0.2) is 71.8 Å². The summed E-state index contributed by atoms with van der Waals surface area (Å²) in [5.41, 5.74) is 1.32. The molecule has 0 radical (unpaired) electrons. The van der Waals surface area contributed by atoms with Crippen LogP contribution in [0.25, 0.3) is 0 Å². The number of hydrogen-bond donors (Lipinski definition) is 0. The standard InChI is InChI=1S/C19H17ClN2O2/c1-14(20)12-13-17-18(23)21(15-8-4-2-5-9-15)22(19(17)24)16-10-6-3-7-11-16/h2-12,17H,13H2,1H3/b14-12+. The van der Waals surface area contributed by atoms with E-state index < -0.39 is 5.92 Å². The molecular formula is C19H17ClN2O2. The van der Waals surface area contributed by atoms with Crippen molar-refractivity contribution in [3.05, 3.63) is 71.8 Å². The number of rotatable bonds is 4. The van der Waals surface area contributed by atoms with Gasteiger partial charge in [-0.1, -0.05) is 54.1 Å². The predicted molar refractivity (Wildman–Crippen MR) is 95.6 cm³/mol. The van der Waals surface area contributed by atoms with Crippen molar-refractivity contribution >= 4 is 34.8 Å². The number of para-hydroxylation sites is 2. The fourth-order valence-electron chi connectivity index (χ4n) is 2.70. The molecule has 5 heteroatoms. The number of carbonyl (C=O) groups excluding carboxylic acids is 2. The molecule has 24 heavy (non-hydrogen) atoms. The van der Waals surface area contributed by atoms with E-state index in [4.69, 9.17) is 11.6 Å². The second-order valence-electron chi connectivity index (χ2n) is 5.55. The Balaban J connectivity index is 2.04. The van der Waals surface area contributed by atoms with E-state index in [9.17, 15) is 9.59 Å². The average Bonchev–Trinajstić information content (AvgIpc) is 2.85. The molecule has 1 fully saturated rings. The smallest absolute Gasteiger partial charge is 0.259 e. The number of amides is 2. The van der Waals surface area contributed by atoms with Crippen molar-refractivity contribution in [2.24, 2.45) is 5.92 Å². The molecule has 0 N–H and O–H groups in total. The van der Waals surface area contributed by atoms with Crippen LogP contribution < -0.4 is 10.0 Å². The molecule has 2 amide bonds. The van der Waals surface area contributed by atoms with Gasteiger partial charge in [0.2, 0.25) is 0 Å². The van der Waals surface area contributed by atoms with Gasteiger partial charge in [-0.15, -0.1) is 0 Å². The lowest BCUT2D eigenvalue weighted by atomic mass is 10.0. The average molecular weight is 341 g/mol. The predicted octanol–water partition coefficient (Wildman–Crippen LogP) is 4.13. The first-order chi connectivity index (χ1) is 11.6.